The molecule has 0 aliphatic carbocycles. The van der Waals surface area contributed by atoms with Crippen LogP contribution in [0.4, 0.5) is 14.5 Å². The third kappa shape index (κ3) is 3.06. The number of hydrogen-bond acceptors (Lipinski definition) is 2. The Labute approximate surface area is 98.6 Å². The molecule has 0 bridgehead atoms. The number of benzene rings is 1. The van der Waals surface area contributed by atoms with Crippen LogP contribution >= 0.6 is 11.6 Å². The molecule has 0 aliphatic rings. The molecule has 5 heteroatoms. The molecule has 1 rings (SSSR count). The molecule has 0 spiro atoms. The Kier molecular flexibility index (Phi) is 4.50. The Bertz CT molecular complexity index is 350. The van der Waals surface area contributed by atoms with Crippen molar-refractivity contribution in [3.05, 3.63) is 28.8 Å². The van der Waals surface area contributed by atoms with Crippen LogP contribution in [0.25, 0.3) is 0 Å². The van der Waals surface area contributed by atoms with Crippen molar-refractivity contribution >= 4 is 17.3 Å². The maximum absolute atomic E-state index is 13.4. The standard InChI is InChI=1S/C11H14ClF2NO/c1-6(7(2)16-3)15-11-9(12)4-8(13)5-10(11)14/h4-7,15H,1-3H3. The predicted octanol–water partition coefficient (Wildman–Crippen LogP) is 3.45. The zero-order valence-electron chi connectivity index (χ0n) is 9.35. The SMILES string of the molecule is COC(C)C(C)Nc1c(F)cc(F)cc1Cl. The van der Waals surface area contributed by atoms with Crippen LogP contribution in [-0.4, -0.2) is 19.3 Å². The first-order valence-corrected chi connectivity index (χ1v) is 5.27. The van der Waals surface area contributed by atoms with Crippen molar-refractivity contribution < 1.29 is 13.5 Å². The van der Waals surface area contributed by atoms with Crippen molar-refractivity contribution in [2.45, 2.75) is 26.0 Å². The van der Waals surface area contributed by atoms with Crippen LogP contribution in [0.5, 0.6) is 0 Å². The molecule has 1 aromatic carbocycles. The molecule has 0 saturated carbocycles. The Morgan fingerprint density at radius 1 is 1.31 bits per heavy atom. The summed E-state index contributed by atoms with van der Waals surface area (Å²) in [7, 11) is 1.56. The second-order valence-corrected chi connectivity index (χ2v) is 4.03. The van der Waals surface area contributed by atoms with Crippen LogP contribution in [0.1, 0.15) is 13.8 Å². The lowest BCUT2D eigenvalue weighted by molar-refractivity contribution is 0.106. The van der Waals surface area contributed by atoms with Gasteiger partial charge < -0.3 is 10.1 Å². The lowest BCUT2D eigenvalue weighted by atomic mass is 10.2. The van der Waals surface area contributed by atoms with E-state index in [1.54, 1.807) is 7.11 Å². The summed E-state index contributed by atoms with van der Waals surface area (Å²) < 4.78 is 31.3. The second kappa shape index (κ2) is 5.46. The minimum Gasteiger partial charge on any atom is -0.380 e. The Hall–Kier alpha value is -0.870. The molecule has 1 aromatic rings. The summed E-state index contributed by atoms with van der Waals surface area (Å²) in [6.07, 6.45) is -0.111. The third-order valence-electron chi connectivity index (χ3n) is 2.45. The van der Waals surface area contributed by atoms with E-state index in [-0.39, 0.29) is 22.9 Å². The number of nitrogens with one attached hydrogen (secondary N) is 1. The van der Waals surface area contributed by atoms with Crippen molar-refractivity contribution in [1.82, 2.24) is 0 Å². The van der Waals surface area contributed by atoms with Crippen molar-refractivity contribution in [1.29, 1.82) is 0 Å². The van der Waals surface area contributed by atoms with Crippen molar-refractivity contribution in [3.8, 4) is 0 Å². The van der Waals surface area contributed by atoms with E-state index in [1.807, 2.05) is 13.8 Å². The van der Waals surface area contributed by atoms with E-state index in [4.69, 9.17) is 16.3 Å². The highest BCUT2D eigenvalue weighted by Crippen LogP contribution is 2.27. The van der Waals surface area contributed by atoms with Crippen LogP contribution in [0.2, 0.25) is 5.02 Å². The maximum atomic E-state index is 13.4. The van der Waals surface area contributed by atoms with Gasteiger partial charge in [0.25, 0.3) is 0 Å². The van der Waals surface area contributed by atoms with Crippen LogP contribution in [0.15, 0.2) is 12.1 Å². The van der Waals surface area contributed by atoms with Gasteiger partial charge in [-0.1, -0.05) is 11.6 Å². The number of halogens is 3. The molecule has 0 saturated heterocycles. The van der Waals surface area contributed by atoms with Crippen LogP contribution in [0, 0.1) is 11.6 Å². The zero-order valence-corrected chi connectivity index (χ0v) is 10.1. The largest absolute Gasteiger partial charge is 0.380 e. The van der Waals surface area contributed by atoms with Gasteiger partial charge in [-0.15, -0.1) is 0 Å². The van der Waals surface area contributed by atoms with E-state index < -0.39 is 11.6 Å². The summed E-state index contributed by atoms with van der Waals surface area (Å²) in [5.74, 6) is -1.40. The molecule has 2 atom stereocenters. The molecule has 0 heterocycles. The molecule has 90 valence electrons. The lowest BCUT2D eigenvalue weighted by Gasteiger charge is -2.22. The van der Waals surface area contributed by atoms with Gasteiger partial charge in [-0.05, 0) is 19.9 Å². The van der Waals surface area contributed by atoms with Gasteiger partial charge in [-0.25, -0.2) is 8.78 Å². The molecule has 0 aromatic heterocycles. The van der Waals surface area contributed by atoms with Gasteiger partial charge in [0.05, 0.1) is 16.8 Å². The van der Waals surface area contributed by atoms with Crippen molar-refractivity contribution in [3.63, 3.8) is 0 Å². The van der Waals surface area contributed by atoms with Gasteiger partial charge in [0.15, 0.2) is 5.82 Å². The van der Waals surface area contributed by atoms with E-state index in [0.717, 1.165) is 12.1 Å². The quantitative estimate of drug-likeness (QED) is 0.883. The summed E-state index contributed by atoms with van der Waals surface area (Å²) >= 11 is 5.74. The second-order valence-electron chi connectivity index (χ2n) is 3.62. The van der Waals surface area contributed by atoms with Crippen LogP contribution in [-0.2, 0) is 4.74 Å². The zero-order chi connectivity index (χ0) is 12.3. The summed E-state index contributed by atoms with van der Waals surface area (Å²) in [5, 5.41) is 2.88. The monoisotopic (exact) mass is 249 g/mol. The summed E-state index contributed by atoms with van der Waals surface area (Å²) in [6.45, 7) is 3.67. The average molecular weight is 250 g/mol. The number of ether oxygens (including phenoxy) is 1. The molecule has 1 N–H and O–H groups in total. The molecule has 16 heavy (non-hydrogen) atoms. The average Bonchev–Trinajstić information content (AvgIpc) is 2.21. The van der Waals surface area contributed by atoms with Gasteiger partial charge in [0.1, 0.15) is 5.82 Å². The highest BCUT2D eigenvalue weighted by atomic mass is 35.5. The highest BCUT2D eigenvalue weighted by Gasteiger charge is 2.16. The van der Waals surface area contributed by atoms with Crippen LogP contribution < -0.4 is 5.32 Å². The van der Waals surface area contributed by atoms with E-state index >= 15 is 0 Å². The summed E-state index contributed by atoms with van der Waals surface area (Å²) in [6, 6.07) is 1.72. The van der Waals surface area contributed by atoms with Crippen molar-refractivity contribution in [2.75, 3.05) is 12.4 Å². The van der Waals surface area contributed by atoms with Gasteiger partial charge in [-0.3, -0.25) is 0 Å². The van der Waals surface area contributed by atoms with Gasteiger partial charge >= 0.3 is 0 Å². The Balaban J connectivity index is 2.89. The molecular formula is C11H14ClF2NO. The van der Waals surface area contributed by atoms with Gasteiger partial charge in [0.2, 0.25) is 0 Å². The third-order valence-corrected chi connectivity index (χ3v) is 2.75. The smallest absolute Gasteiger partial charge is 0.150 e. The molecule has 0 aliphatic heterocycles. The summed E-state index contributed by atoms with van der Waals surface area (Å²) in [4.78, 5) is 0. The minimum absolute atomic E-state index is 0.0210. The fourth-order valence-electron chi connectivity index (χ4n) is 1.23. The lowest BCUT2D eigenvalue weighted by Crippen LogP contribution is -2.30. The first-order valence-electron chi connectivity index (χ1n) is 4.89. The molecule has 0 radical (unpaired) electrons. The molecular weight excluding hydrogens is 236 g/mol. The van der Waals surface area contributed by atoms with Crippen molar-refractivity contribution in [2.24, 2.45) is 0 Å². The van der Waals surface area contributed by atoms with E-state index in [9.17, 15) is 8.78 Å². The number of methoxy groups -OCH3 is 1. The molecule has 2 unspecified atom stereocenters. The molecule has 0 amide bonds. The topological polar surface area (TPSA) is 21.3 Å². The predicted molar refractivity (Wildman–Crippen MR) is 60.9 cm³/mol. The normalized spacial score (nSPS) is 14.6. The fraction of sp³-hybridized carbons (Fsp3) is 0.455. The fourth-order valence-corrected chi connectivity index (χ4v) is 1.48. The maximum Gasteiger partial charge on any atom is 0.150 e. The van der Waals surface area contributed by atoms with Crippen LogP contribution in [0.3, 0.4) is 0 Å². The van der Waals surface area contributed by atoms with Gasteiger partial charge in [0, 0.05) is 19.2 Å². The highest BCUT2D eigenvalue weighted by molar-refractivity contribution is 6.33. The molecule has 0 fully saturated rings. The van der Waals surface area contributed by atoms with E-state index in [1.165, 1.54) is 0 Å². The Morgan fingerprint density at radius 3 is 2.44 bits per heavy atom. The first kappa shape index (κ1) is 13.2. The number of hydrogen-bond donors (Lipinski definition) is 1. The minimum atomic E-state index is -0.708. The van der Waals surface area contributed by atoms with Gasteiger partial charge in [-0.2, -0.15) is 0 Å². The first-order chi connectivity index (χ1) is 7.45. The molecule has 2 nitrogen and oxygen atoms in total. The Morgan fingerprint density at radius 2 is 1.94 bits per heavy atom. The number of anilines is 1. The van der Waals surface area contributed by atoms with E-state index in [0.29, 0.717) is 0 Å². The summed E-state index contributed by atoms with van der Waals surface area (Å²) in [5.41, 5.74) is 0.0967. The number of rotatable bonds is 4. The van der Waals surface area contributed by atoms with E-state index in [2.05, 4.69) is 5.32 Å².